The van der Waals surface area contributed by atoms with E-state index in [0.717, 1.165) is 31.2 Å². The van der Waals surface area contributed by atoms with E-state index in [1.165, 1.54) is 29.0 Å². The van der Waals surface area contributed by atoms with Crippen molar-refractivity contribution in [3.05, 3.63) is 48.2 Å². The van der Waals surface area contributed by atoms with Crippen molar-refractivity contribution in [2.45, 2.75) is 49.7 Å². The third-order valence-electron chi connectivity index (χ3n) is 5.15. The van der Waals surface area contributed by atoms with Crippen LogP contribution in [-0.2, 0) is 21.8 Å². The van der Waals surface area contributed by atoms with Crippen molar-refractivity contribution in [1.29, 1.82) is 0 Å². The van der Waals surface area contributed by atoms with Gasteiger partial charge < -0.3 is 9.30 Å². The number of hydrogen-bond acceptors (Lipinski definition) is 4. The molecule has 1 aromatic carbocycles. The van der Waals surface area contributed by atoms with Gasteiger partial charge in [-0.3, -0.25) is 0 Å². The summed E-state index contributed by atoms with van der Waals surface area (Å²) in [5.41, 5.74) is 0.888. The molecule has 8 heteroatoms. The van der Waals surface area contributed by atoms with Crippen molar-refractivity contribution in [1.82, 2.24) is 13.9 Å². The number of ether oxygens (including phenoxy) is 1. The number of aryl methyl sites for hydroxylation is 1. The molecule has 0 bridgehead atoms. The fourth-order valence-electron chi connectivity index (χ4n) is 3.55. The molecular formula is C20H28FN3O3S. The summed E-state index contributed by atoms with van der Waals surface area (Å²) in [6, 6.07) is 6.24. The Morgan fingerprint density at radius 3 is 2.57 bits per heavy atom. The molecule has 1 aromatic heterocycles. The fourth-order valence-corrected chi connectivity index (χ4v) is 5.00. The zero-order valence-electron chi connectivity index (χ0n) is 16.4. The number of rotatable bonds is 9. The molecule has 1 fully saturated rings. The topological polar surface area (TPSA) is 64.4 Å². The number of aromatic nitrogens is 2. The first-order chi connectivity index (χ1) is 13.4. The Morgan fingerprint density at radius 2 is 1.93 bits per heavy atom. The molecule has 6 nitrogen and oxygen atoms in total. The maximum absolute atomic E-state index is 13.3. The second-order valence-corrected chi connectivity index (χ2v) is 9.21. The fraction of sp³-hybridized carbons (Fsp3) is 0.550. The molecule has 2 unspecified atom stereocenters. The minimum absolute atomic E-state index is 0.0384. The summed E-state index contributed by atoms with van der Waals surface area (Å²) in [6.07, 6.45) is 7.08. The highest BCUT2D eigenvalue weighted by molar-refractivity contribution is 7.89. The number of unbranched alkanes of at least 4 members (excludes halogenated alkanes) is 3. The minimum atomic E-state index is -3.69. The van der Waals surface area contributed by atoms with Gasteiger partial charge in [-0.2, -0.15) is 4.31 Å². The predicted octanol–water partition coefficient (Wildman–Crippen LogP) is 3.31. The van der Waals surface area contributed by atoms with Crippen LogP contribution >= 0.6 is 0 Å². The number of benzene rings is 1. The highest BCUT2D eigenvalue weighted by atomic mass is 32.2. The lowest BCUT2D eigenvalue weighted by molar-refractivity contribution is 0.0506. The van der Waals surface area contributed by atoms with Gasteiger partial charge in [-0.25, -0.2) is 17.8 Å². The lowest BCUT2D eigenvalue weighted by atomic mass is 9.96. The highest BCUT2D eigenvalue weighted by Gasteiger charge is 2.41. The highest BCUT2D eigenvalue weighted by Crippen LogP contribution is 2.33. The van der Waals surface area contributed by atoms with E-state index in [1.54, 1.807) is 23.7 Å². The van der Waals surface area contributed by atoms with E-state index in [0.29, 0.717) is 13.2 Å². The van der Waals surface area contributed by atoms with Gasteiger partial charge in [0.25, 0.3) is 10.0 Å². The van der Waals surface area contributed by atoms with Gasteiger partial charge >= 0.3 is 0 Å². The summed E-state index contributed by atoms with van der Waals surface area (Å²) in [5.74, 6) is -0.443. The van der Waals surface area contributed by atoms with Crippen molar-refractivity contribution in [3.8, 4) is 0 Å². The number of hydrogen-bond donors (Lipinski definition) is 0. The molecule has 2 heterocycles. The summed E-state index contributed by atoms with van der Waals surface area (Å²) in [6.45, 7) is 3.32. The maximum atomic E-state index is 13.3. The number of imidazole rings is 1. The molecule has 3 rings (SSSR count). The van der Waals surface area contributed by atoms with Crippen molar-refractivity contribution in [2.75, 3.05) is 19.7 Å². The first kappa shape index (κ1) is 21.0. The molecular weight excluding hydrogens is 381 g/mol. The third kappa shape index (κ3) is 4.79. The first-order valence-electron chi connectivity index (χ1n) is 9.77. The third-order valence-corrected chi connectivity index (χ3v) is 6.86. The van der Waals surface area contributed by atoms with E-state index < -0.39 is 10.0 Å². The van der Waals surface area contributed by atoms with Gasteiger partial charge in [-0.05, 0) is 24.1 Å². The second-order valence-electron chi connectivity index (χ2n) is 7.33. The van der Waals surface area contributed by atoms with Crippen LogP contribution < -0.4 is 0 Å². The second kappa shape index (κ2) is 9.15. The zero-order valence-corrected chi connectivity index (χ0v) is 17.2. The van der Waals surface area contributed by atoms with Crippen LogP contribution in [0.25, 0.3) is 0 Å². The lowest BCUT2D eigenvalue weighted by Crippen LogP contribution is -2.30. The Hall–Kier alpha value is -1.77. The summed E-state index contributed by atoms with van der Waals surface area (Å²) in [4.78, 5) is 4.01. The average Bonchev–Trinajstić information content (AvgIpc) is 3.30. The molecule has 0 spiro atoms. The van der Waals surface area contributed by atoms with Crippen LogP contribution in [0, 0.1) is 5.82 Å². The number of nitrogens with zero attached hydrogens (tertiary/aromatic N) is 3. The molecule has 2 atom stereocenters. The van der Waals surface area contributed by atoms with Crippen molar-refractivity contribution < 1.29 is 17.5 Å². The normalized spacial score (nSPS) is 20.7. The van der Waals surface area contributed by atoms with E-state index in [1.807, 2.05) is 0 Å². The summed E-state index contributed by atoms with van der Waals surface area (Å²) in [5, 5.41) is 0.0384. The molecule has 154 valence electrons. The van der Waals surface area contributed by atoms with Gasteiger partial charge in [-0.1, -0.05) is 38.3 Å². The Morgan fingerprint density at radius 1 is 1.18 bits per heavy atom. The minimum Gasteiger partial charge on any atom is -0.376 e. The predicted molar refractivity (Wildman–Crippen MR) is 105 cm³/mol. The molecule has 2 aromatic rings. The van der Waals surface area contributed by atoms with Crippen LogP contribution in [0.1, 0.15) is 44.1 Å². The monoisotopic (exact) mass is 409 g/mol. The maximum Gasteiger partial charge on any atom is 0.262 e. The summed E-state index contributed by atoms with van der Waals surface area (Å²) < 4.78 is 48.4. The average molecular weight is 410 g/mol. The Labute approximate surface area is 166 Å². The number of sulfonamides is 1. The van der Waals surface area contributed by atoms with Gasteiger partial charge in [0.15, 0.2) is 5.03 Å². The molecule has 0 N–H and O–H groups in total. The SMILES string of the molecule is CCCCCCOC1CN(S(=O)(=O)c2cn(C)cn2)CC1c1ccc(F)cc1. The molecule has 0 aliphatic carbocycles. The van der Waals surface area contributed by atoms with E-state index in [2.05, 4.69) is 11.9 Å². The lowest BCUT2D eigenvalue weighted by Gasteiger charge is -2.19. The van der Waals surface area contributed by atoms with E-state index in [-0.39, 0.29) is 29.4 Å². The van der Waals surface area contributed by atoms with E-state index >= 15 is 0 Å². The Bertz CT molecular complexity index is 867. The summed E-state index contributed by atoms with van der Waals surface area (Å²) in [7, 11) is -1.96. The molecule has 0 radical (unpaired) electrons. The molecule has 1 aliphatic heterocycles. The van der Waals surface area contributed by atoms with Crippen molar-refractivity contribution in [2.24, 2.45) is 7.05 Å². The molecule has 1 aliphatic rings. The molecule has 0 saturated carbocycles. The van der Waals surface area contributed by atoms with Gasteiger partial charge in [-0.15, -0.1) is 0 Å². The van der Waals surface area contributed by atoms with Gasteiger partial charge in [0, 0.05) is 38.9 Å². The quantitative estimate of drug-likeness (QED) is 0.596. The molecule has 0 amide bonds. The van der Waals surface area contributed by atoms with E-state index in [9.17, 15) is 12.8 Å². The zero-order chi connectivity index (χ0) is 20.1. The van der Waals surface area contributed by atoms with Crippen LogP contribution in [0.15, 0.2) is 41.8 Å². The van der Waals surface area contributed by atoms with Crippen LogP contribution in [0.2, 0.25) is 0 Å². The Balaban J connectivity index is 1.76. The van der Waals surface area contributed by atoms with E-state index in [4.69, 9.17) is 4.74 Å². The van der Waals surface area contributed by atoms with Gasteiger partial charge in [0.2, 0.25) is 0 Å². The summed E-state index contributed by atoms with van der Waals surface area (Å²) >= 11 is 0. The standard InChI is InChI=1S/C20H28FN3O3S/c1-3-4-5-6-11-27-19-13-24(28(25,26)20-14-23(2)15-22-20)12-18(19)16-7-9-17(21)10-8-16/h7-10,14-15,18-19H,3-6,11-13H2,1-2H3. The Kier molecular flexibility index (Phi) is 6.85. The molecule has 1 saturated heterocycles. The van der Waals surface area contributed by atoms with Crippen LogP contribution in [0.5, 0.6) is 0 Å². The largest absolute Gasteiger partial charge is 0.376 e. The van der Waals surface area contributed by atoms with Gasteiger partial charge in [0.1, 0.15) is 5.82 Å². The van der Waals surface area contributed by atoms with Gasteiger partial charge in [0.05, 0.1) is 12.4 Å². The van der Waals surface area contributed by atoms with Crippen molar-refractivity contribution >= 4 is 10.0 Å². The first-order valence-corrected chi connectivity index (χ1v) is 11.2. The van der Waals surface area contributed by atoms with Crippen LogP contribution in [-0.4, -0.2) is 48.1 Å². The van der Waals surface area contributed by atoms with Crippen molar-refractivity contribution in [3.63, 3.8) is 0 Å². The number of halogens is 1. The molecule has 28 heavy (non-hydrogen) atoms. The van der Waals surface area contributed by atoms with Crippen LogP contribution in [0.3, 0.4) is 0 Å². The smallest absolute Gasteiger partial charge is 0.262 e. The van der Waals surface area contributed by atoms with Crippen LogP contribution in [0.4, 0.5) is 4.39 Å².